The van der Waals surface area contributed by atoms with E-state index < -0.39 is 0 Å². The Kier molecular flexibility index (Phi) is 15.3. The lowest BCUT2D eigenvalue weighted by molar-refractivity contribution is 0.243. The molecule has 0 fully saturated rings. The van der Waals surface area contributed by atoms with E-state index in [0.29, 0.717) is 29.0 Å². The van der Waals surface area contributed by atoms with E-state index >= 15 is 0 Å². The summed E-state index contributed by atoms with van der Waals surface area (Å²) in [6.45, 7) is 2.59. The van der Waals surface area contributed by atoms with Crippen molar-refractivity contribution in [3.8, 4) is 18.1 Å². The maximum Gasteiger partial charge on any atom is 0.130 e. The first kappa shape index (κ1) is 25.5. The molecule has 0 radical (unpaired) electrons. The lowest BCUT2D eigenvalue weighted by Crippen LogP contribution is -2.05. The molecule has 0 saturated heterocycles. The summed E-state index contributed by atoms with van der Waals surface area (Å²) in [7, 11) is 0. The average Bonchev–Trinajstić information content (AvgIpc) is 2.75. The summed E-state index contributed by atoms with van der Waals surface area (Å²) in [5.41, 5.74) is 1.95. The number of unbranched alkanes of at least 4 members (excludes halogenated alkanes) is 13. The molecule has 0 heterocycles. The molecule has 29 heavy (non-hydrogen) atoms. The minimum absolute atomic E-state index is 0.142. The third-order valence-electron chi connectivity index (χ3n) is 5.49. The van der Waals surface area contributed by atoms with E-state index in [2.05, 4.69) is 12.8 Å². The van der Waals surface area contributed by atoms with E-state index in [1.807, 2.05) is 0 Å². The summed E-state index contributed by atoms with van der Waals surface area (Å²) < 4.78 is 5.87. The molecule has 1 rings (SSSR count). The van der Waals surface area contributed by atoms with Gasteiger partial charge in [0.25, 0.3) is 0 Å². The molecule has 0 aliphatic carbocycles. The minimum Gasteiger partial charge on any atom is -0.493 e. The van der Waals surface area contributed by atoms with Gasteiger partial charge in [0.05, 0.1) is 19.8 Å². The topological polar surface area (TPSA) is 49.7 Å². The Morgan fingerprint density at radius 1 is 0.724 bits per heavy atom. The molecule has 0 amide bonds. The second-order valence-electron chi connectivity index (χ2n) is 8.03. The normalized spacial score (nSPS) is 10.8. The van der Waals surface area contributed by atoms with E-state index in [1.54, 1.807) is 12.1 Å². The summed E-state index contributed by atoms with van der Waals surface area (Å²) in [4.78, 5) is 0. The van der Waals surface area contributed by atoms with E-state index in [4.69, 9.17) is 11.2 Å². The van der Waals surface area contributed by atoms with Gasteiger partial charge in [-0.15, -0.1) is 6.42 Å². The van der Waals surface area contributed by atoms with Crippen molar-refractivity contribution in [3.05, 3.63) is 28.8 Å². The molecule has 1 aromatic carbocycles. The van der Waals surface area contributed by atoms with Gasteiger partial charge in [0.2, 0.25) is 0 Å². The van der Waals surface area contributed by atoms with Crippen LogP contribution in [0.15, 0.2) is 12.1 Å². The fourth-order valence-corrected chi connectivity index (χ4v) is 3.73. The predicted octanol–water partition coefficient (Wildman–Crippen LogP) is 6.51. The first-order valence-corrected chi connectivity index (χ1v) is 11.7. The number of terminal acetylenes is 1. The van der Waals surface area contributed by atoms with Crippen LogP contribution < -0.4 is 4.74 Å². The number of aliphatic hydroxyl groups excluding tert-OH is 2. The zero-order valence-electron chi connectivity index (χ0n) is 18.6. The third kappa shape index (κ3) is 11.3. The predicted molar refractivity (Wildman–Crippen MR) is 122 cm³/mol. The highest BCUT2D eigenvalue weighted by molar-refractivity contribution is 5.48. The molecule has 0 aliphatic rings. The third-order valence-corrected chi connectivity index (χ3v) is 5.49. The van der Waals surface area contributed by atoms with Crippen molar-refractivity contribution in [1.29, 1.82) is 0 Å². The minimum atomic E-state index is -0.142. The first-order chi connectivity index (χ1) is 14.3. The number of benzene rings is 1. The fraction of sp³-hybridized carbons (Fsp3) is 0.692. The van der Waals surface area contributed by atoms with Crippen LogP contribution in [0.2, 0.25) is 0 Å². The monoisotopic (exact) mass is 402 g/mol. The number of hydrogen-bond donors (Lipinski definition) is 2. The van der Waals surface area contributed by atoms with Crippen LogP contribution in [-0.2, 0) is 13.2 Å². The molecule has 0 aromatic heterocycles. The van der Waals surface area contributed by atoms with Gasteiger partial charge >= 0.3 is 0 Å². The zero-order valence-corrected chi connectivity index (χ0v) is 18.6. The Hall–Kier alpha value is -1.50. The highest BCUT2D eigenvalue weighted by Crippen LogP contribution is 2.27. The van der Waals surface area contributed by atoms with Crippen LogP contribution in [0.4, 0.5) is 0 Å². The van der Waals surface area contributed by atoms with Gasteiger partial charge in [-0.25, -0.2) is 0 Å². The van der Waals surface area contributed by atoms with Gasteiger partial charge in [0.15, 0.2) is 0 Å². The van der Waals surface area contributed by atoms with Crippen molar-refractivity contribution in [2.24, 2.45) is 0 Å². The lowest BCUT2D eigenvalue weighted by atomic mass is 10.0. The molecule has 3 nitrogen and oxygen atoms in total. The maximum atomic E-state index is 9.55. The van der Waals surface area contributed by atoms with Crippen molar-refractivity contribution in [3.63, 3.8) is 0 Å². The second-order valence-corrected chi connectivity index (χ2v) is 8.03. The van der Waals surface area contributed by atoms with E-state index in [9.17, 15) is 10.2 Å². The van der Waals surface area contributed by atoms with Crippen LogP contribution in [-0.4, -0.2) is 16.8 Å². The smallest absolute Gasteiger partial charge is 0.130 e. The summed E-state index contributed by atoms with van der Waals surface area (Å²) in [5, 5.41) is 19.1. The second kappa shape index (κ2) is 17.4. The number of aliphatic hydroxyl groups is 2. The Labute approximate surface area is 178 Å². The molecular weight excluding hydrogens is 360 g/mol. The van der Waals surface area contributed by atoms with E-state index in [-0.39, 0.29) is 13.2 Å². The molecule has 2 N–H and O–H groups in total. The van der Waals surface area contributed by atoms with Gasteiger partial charge < -0.3 is 14.9 Å². The largest absolute Gasteiger partial charge is 0.493 e. The van der Waals surface area contributed by atoms with Gasteiger partial charge in [-0.05, 0) is 18.6 Å². The number of hydrogen-bond acceptors (Lipinski definition) is 3. The first-order valence-electron chi connectivity index (χ1n) is 11.7. The lowest BCUT2D eigenvalue weighted by Gasteiger charge is -2.15. The molecule has 0 atom stereocenters. The average molecular weight is 403 g/mol. The number of ether oxygens (including phenoxy) is 1. The molecule has 0 spiro atoms. The molecular formula is C26H42O3. The van der Waals surface area contributed by atoms with Gasteiger partial charge in [-0.3, -0.25) is 0 Å². The summed E-state index contributed by atoms with van der Waals surface area (Å²) in [5.74, 6) is 3.13. The van der Waals surface area contributed by atoms with Crippen LogP contribution in [0.1, 0.15) is 114 Å². The molecule has 0 bridgehead atoms. The van der Waals surface area contributed by atoms with Crippen LogP contribution in [0, 0.1) is 12.3 Å². The molecule has 3 heteroatoms. The van der Waals surface area contributed by atoms with Crippen molar-refractivity contribution in [2.45, 2.75) is 110 Å². The summed E-state index contributed by atoms with van der Waals surface area (Å²) in [6.07, 6.45) is 24.0. The van der Waals surface area contributed by atoms with Crippen molar-refractivity contribution >= 4 is 0 Å². The van der Waals surface area contributed by atoms with Crippen LogP contribution >= 0.6 is 0 Å². The van der Waals surface area contributed by atoms with Crippen molar-refractivity contribution in [1.82, 2.24) is 0 Å². The summed E-state index contributed by atoms with van der Waals surface area (Å²) >= 11 is 0. The van der Waals surface area contributed by atoms with Crippen LogP contribution in [0.25, 0.3) is 0 Å². The van der Waals surface area contributed by atoms with Crippen LogP contribution in [0.5, 0.6) is 5.75 Å². The molecule has 0 saturated carbocycles. The quantitative estimate of drug-likeness (QED) is 0.217. The standard InChI is InChI=1S/C26H42O3/c1-3-5-6-7-8-9-10-11-12-13-14-15-16-17-18-29-26-24(21-27)19-23(4-2)20-25(26)22-28/h2,19-20,27-28H,3,5-18,21-22H2,1H3. The van der Waals surface area contributed by atoms with E-state index in [0.717, 1.165) is 12.8 Å². The van der Waals surface area contributed by atoms with Gasteiger partial charge in [-0.1, -0.05) is 96.3 Å². The Balaban J connectivity index is 2.06. The Morgan fingerprint density at radius 3 is 1.52 bits per heavy atom. The SMILES string of the molecule is C#Cc1cc(CO)c(OCCCCCCCCCCCCCCCC)c(CO)c1. The highest BCUT2D eigenvalue weighted by atomic mass is 16.5. The fourth-order valence-electron chi connectivity index (χ4n) is 3.73. The molecule has 0 unspecified atom stereocenters. The number of rotatable bonds is 18. The maximum absolute atomic E-state index is 9.55. The van der Waals surface area contributed by atoms with Crippen LogP contribution in [0.3, 0.4) is 0 Å². The summed E-state index contributed by atoms with van der Waals surface area (Å²) in [6, 6.07) is 3.50. The van der Waals surface area contributed by atoms with E-state index in [1.165, 1.54) is 77.0 Å². The van der Waals surface area contributed by atoms with Gasteiger partial charge in [-0.2, -0.15) is 0 Å². The zero-order chi connectivity index (χ0) is 21.2. The Bertz CT molecular complexity index is 549. The van der Waals surface area contributed by atoms with Gasteiger partial charge in [0.1, 0.15) is 5.75 Å². The molecule has 164 valence electrons. The van der Waals surface area contributed by atoms with Crippen molar-refractivity contribution in [2.75, 3.05) is 6.61 Å². The Morgan fingerprint density at radius 2 is 1.14 bits per heavy atom. The van der Waals surface area contributed by atoms with Gasteiger partial charge in [0, 0.05) is 16.7 Å². The molecule has 0 aliphatic heterocycles. The highest BCUT2D eigenvalue weighted by Gasteiger charge is 2.11. The molecule has 1 aromatic rings. The van der Waals surface area contributed by atoms with Crippen molar-refractivity contribution < 1.29 is 14.9 Å².